The first kappa shape index (κ1) is 17.5. The molecule has 0 aliphatic rings. The van der Waals surface area contributed by atoms with E-state index in [1.54, 1.807) is 14.2 Å². The van der Waals surface area contributed by atoms with E-state index in [9.17, 15) is 0 Å². The molecule has 118 valence electrons. The third-order valence-corrected chi connectivity index (χ3v) is 3.39. The average Bonchev–Trinajstić information content (AvgIpc) is 2.50. The molecule has 1 aromatic carbocycles. The van der Waals surface area contributed by atoms with Gasteiger partial charge in [0.2, 0.25) is 0 Å². The summed E-state index contributed by atoms with van der Waals surface area (Å²) in [6.45, 7) is 6.14. The fourth-order valence-electron chi connectivity index (χ4n) is 2.13. The normalized spacial score (nSPS) is 13.3. The molecule has 0 radical (unpaired) electrons. The van der Waals surface area contributed by atoms with Crippen LogP contribution >= 0.6 is 0 Å². The fourth-order valence-corrected chi connectivity index (χ4v) is 2.13. The molecule has 4 heteroatoms. The molecule has 0 saturated heterocycles. The van der Waals surface area contributed by atoms with Crippen LogP contribution in [-0.2, 0) is 4.74 Å². The Hall–Kier alpha value is -1.55. The van der Waals surface area contributed by atoms with Gasteiger partial charge in [0, 0.05) is 27.2 Å². The number of aliphatic imine (C=N–C) groups is 1. The second kappa shape index (κ2) is 10.2. The SMILES string of the molecule is CN=C(NCCCC(C)C)NCC(OC)c1ccccc1. The summed E-state index contributed by atoms with van der Waals surface area (Å²) in [5.74, 6) is 1.58. The number of methoxy groups -OCH3 is 1. The van der Waals surface area contributed by atoms with E-state index in [0.717, 1.165) is 24.8 Å². The van der Waals surface area contributed by atoms with E-state index in [2.05, 4.69) is 41.6 Å². The van der Waals surface area contributed by atoms with Crippen LogP contribution in [0.2, 0.25) is 0 Å². The molecule has 4 nitrogen and oxygen atoms in total. The van der Waals surface area contributed by atoms with Crippen molar-refractivity contribution in [1.82, 2.24) is 10.6 Å². The minimum absolute atomic E-state index is 0.0282. The van der Waals surface area contributed by atoms with Gasteiger partial charge in [0.1, 0.15) is 0 Å². The molecule has 1 aromatic rings. The molecular formula is C17H29N3O. The standard InChI is InChI=1S/C17H29N3O/c1-14(2)9-8-12-19-17(18-3)20-13-16(21-4)15-10-6-5-7-11-15/h5-7,10-11,14,16H,8-9,12-13H2,1-4H3,(H2,18,19,20). The lowest BCUT2D eigenvalue weighted by Gasteiger charge is -2.18. The molecule has 0 saturated carbocycles. The maximum atomic E-state index is 5.54. The van der Waals surface area contributed by atoms with Gasteiger partial charge in [-0.05, 0) is 24.3 Å². The van der Waals surface area contributed by atoms with Gasteiger partial charge in [0.15, 0.2) is 5.96 Å². The number of hydrogen-bond acceptors (Lipinski definition) is 2. The third-order valence-electron chi connectivity index (χ3n) is 3.39. The molecule has 0 fully saturated rings. The largest absolute Gasteiger partial charge is 0.375 e. The zero-order chi connectivity index (χ0) is 15.5. The van der Waals surface area contributed by atoms with E-state index >= 15 is 0 Å². The lowest BCUT2D eigenvalue weighted by atomic mass is 10.1. The lowest BCUT2D eigenvalue weighted by Crippen LogP contribution is -2.40. The highest BCUT2D eigenvalue weighted by Crippen LogP contribution is 2.14. The van der Waals surface area contributed by atoms with Crippen molar-refractivity contribution in [2.45, 2.75) is 32.8 Å². The van der Waals surface area contributed by atoms with Crippen molar-refractivity contribution in [3.63, 3.8) is 0 Å². The van der Waals surface area contributed by atoms with E-state index in [1.165, 1.54) is 12.0 Å². The van der Waals surface area contributed by atoms with Crippen LogP contribution < -0.4 is 10.6 Å². The Balaban J connectivity index is 2.36. The first-order valence-corrected chi connectivity index (χ1v) is 7.69. The summed E-state index contributed by atoms with van der Waals surface area (Å²) in [5.41, 5.74) is 1.17. The Bertz CT molecular complexity index is 404. The van der Waals surface area contributed by atoms with Crippen LogP contribution in [0.15, 0.2) is 35.3 Å². The van der Waals surface area contributed by atoms with Gasteiger partial charge in [-0.2, -0.15) is 0 Å². The first-order valence-electron chi connectivity index (χ1n) is 7.69. The van der Waals surface area contributed by atoms with Crippen molar-refractivity contribution in [2.75, 3.05) is 27.2 Å². The number of nitrogens with zero attached hydrogens (tertiary/aromatic N) is 1. The number of nitrogens with one attached hydrogen (secondary N) is 2. The lowest BCUT2D eigenvalue weighted by molar-refractivity contribution is 0.106. The highest BCUT2D eigenvalue weighted by atomic mass is 16.5. The van der Waals surface area contributed by atoms with Gasteiger partial charge >= 0.3 is 0 Å². The summed E-state index contributed by atoms with van der Waals surface area (Å²) in [7, 11) is 3.53. The number of ether oxygens (including phenoxy) is 1. The van der Waals surface area contributed by atoms with Gasteiger partial charge in [0.25, 0.3) is 0 Å². The Labute approximate surface area is 129 Å². The second-order valence-corrected chi connectivity index (χ2v) is 5.55. The van der Waals surface area contributed by atoms with E-state index < -0.39 is 0 Å². The monoisotopic (exact) mass is 291 g/mol. The molecule has 0 spiro atoms. The summed E-state index contributed by atoms with van der Waals surface area (Å²) in [5, 5.41) is 6.66. The van der Waals surface area contributed by atoms with Crippen molar-refractivity contribution in [2.24, 2.45) is 10.9 Å². The van der Waals surface area contributed by atoms with E-state index in [1.807, 2.05) is 18.2 Å². The highest BCUT2D eigenvalue weighted by Gasteiger charge is 2.10. The second-order valence-electron chi connectivity index (χ2n) is 5.55. The minimum Gasteiger partial charge on any atom is -0.375 e. The van der Waals surface area contributed by atoms with Gasteiger partial charge in [-0.15, -0.1) is 0 Å². The Morgan fingerprint density at radius 2 is 1.90 bits per heavy atom. The van der Waals surface area contributed by atoms with Crippen LogP contribution in [0.3, 0.4) is 0 Å². The summed E-state index contributed by atoms with van der Waals surface area (Å²) < 4.78 is 5.54. The van der Waals surface area contributed by atoms with Crippen LogP contribution in [0.25, 0.3) is 0 Å². The van der Waals surface area contributed by atoms with Crippen molar-refractivity contribution >= 4 is 5.96 Å². The molecule has 0 aliphatic carbocycles. The molecule has 1 atom stereocenters. The quantitative estimate of drug-likeness (QED) is 0.440. The average molecular weight is 291 g/mol. The number of guanidine groups is 1. The maximum absolute atomic E-state index is 5.54. The molecule has 0 bridgehead atoms. The van der Waals surface area contributed by atoms with E-state index in [4.69, 9.17) is 4.74 Å². The van der Waals surface area contributed by atoms with Crippen molar-refractivity contribution in [1.29, 1.82) is 0 Å². The molecule has 0 heterocycles. The van der Waals surface area contributed by atoms with Crippen LogP contribution in [0.4, 0.5) is 0 Å². The van der Waals surface area contributed by atoms with Crippen LogP contribution in [-0.4, -0.2) is 33.2 Å². The van der Waals surface area contributed by atoms with Crippen LogP contribution in [0.1, 0.15) is 38.4 Å². The van der Waals surface area contributed by atoms with Crippen molar-refractivity contribution in [3.05, 3.63) is 35.9 Å². The number of rotatable bonds is 8. The van der Waals surface area contributed by atoms with Crippen molar-refractivity contribution in [3.8, 4) is 0 Å². The van der Waals surface area contributed by atoms with Gasteiger partial charge in [-0.3, -0.25) is 4.99 Å². The Morgan fingerprint density at radius 3 is 2.48 bits per heavy atom. The summed E-state index contributed by atoms with van der Waals surface area (Å²) >= 11 is 0. The molecule has 0 aliphatic heterocycles. The smallest absolute Gasteiger partial charge is 0.191 e. The minimum atomic E-state index is 0.0282. The Kier molecular flexibility index (Phi) is 8.51. The highest BCUT2D eigenvalue weighted by molar-refractivity contribution is 5.79. The van der Waals surface area contributed by atoms with E-state index in [0.29, 0.717) is 6.54 Å². The molecular weight excluding hydrogens is 262 g/mol. The van der Waals surface area contributed by atoms with Gasteiger partial charge in [-0.1, -0.05) is 44.2 Å². The van der Waals surface area contributed by atoms with Crippen LogP contribution in [0, 0.1) is 5.92 Å². The molecule has 2 N–H and O–H groups in total. The molecule has 1 unspecified atom stereocenters. The van der Waals surface area contributed by atoms with E-state index in [-0.39, 0.29) is 6.10 Å². The third kappa shape index (κ3) is 7.14. The fraction of sp³-hybridized carbons (Fsp3) is 0.588. The molecule has 1 rings (SSSR count). The zero-order valence-corrected chi connectivity index (χ0v) is 13.7. The van der Waals surface area contributed by atoms with Crippen LogP contribution in [0.5, 0.6) is 0 Å². The summed E-state index contributed by atoms with van der Waals surface area (Å²) in [6.07, 6.45) is 2.42. The molecule has 0 aromatic heterocycles. The maximum Gasteiger partial charge on any atom is 0.191 e. The van der Waals surface area contributed by atoms with Gasteiger partial charge < -0.3 is 15.4 Å². The molecule has 21 heavy (non-hydrogen) atoms. The summed E-state index contributed by atoms with van der Waals surface area (Å²) in [6, 6.07) is 10.2. The zero-order valence-electron chi connectivity index (χ0n) is 13.7. The molecule has 0 amide bonds. The van der Waals surface area contributed by atoms with Crippen molar-refractivity contribution < 1.29 is 4.74 Å². The predicted octanol–water partition coefficient (Wildman–Crippen LogP) is 2.98. The first-order chi connectivity index (χ1) is 10.2. The number of hydrogen-bond donors (Lipinski definition) is 2. The van der Waals surface area contributed by atoms with Gasteiger partial charge in [0.05, 0.1) is 6.10 Å². The Morgan fingerprint density at radius 1 is 1.19 bits per heavy atom. The summed E-state index contributed by atoms with van der Waals surface area (Å²) in [4.78, 5) is 4.24. The topological polar surface area (TPSA) is 45.7 Å². The predicted molar refractivity (Wildman–Crippen MR) is 89.6 cm³/mol. The number of benzene rings is 1. The van der Waals surface area contributed by atoms with Gasteiger partial charge in [-0.25, -0.2) is 0 Å².